The number of ether oxygens (including phenoxy) is 1. The van der Waals surface area contributed by atoms with Gasteiger partial charge in [-0.2, -0.15) is 10.1 Å². The number of Topliss-reactive ketones (excluding diaryl/α,β-unsaturated/α-hetero) is 1. The lowest BCUT2D eigenvalue weighted by atomic mass is 10.0. The fourth-order valence-electron chi connectivity index (χ4n) is 4.76. The van der Waals surface area contributed by atoms with E-state index in [9.17, 15) is 9.59 Å². The van der Waals surface area contributed by atoms with Gasteiger partial charge in [-0.3, -0.25) is 14.3 Å². The van der Waals surface area contributed by atoms with Crippen LogP contribution < -0.4 is 4.90 Å². The number of anilines is 1. The van der Waals surface area contributed by atoms with Gasteiger partial charge in [-0.1, -0.05) is 12.8 Å². The smallest absolute Gasteiger partial charge is 0.257 e. The Hall–Kier alpha value is -3.27. The van der Waals surface area contributed by atoms with Gasteiger partial charge in [-0.05, 0) is 30.5 Å². The molecule has 1 amide bonds. The van der Waals surface area contributed by atoms with Crippen LogP contribution in [0.4, 0.5) is 5.95 Å². The second-order valence-electron chi connectivity index (χ2n) is 8.83. The van der Waals surface area contributed by atoms with Gasteiger partial charge < -0.3 is 14.5 Å². The molecular formula is C23H29N7O3. The topological polar surface area (TPSA) is 97.9 Å². The monoisotopic (exact) mass is 451 g/mol. The van der Waals surface area contributed by atoms with E-state index in [1.54, 1.807) is 16.5 Å². The first-order chi connectivity index (χ1) is 16.0. The van der Waals surface area contributed by atoms with E-state index in [-0.39, 0.29) is 24.2 Å². The van der Waals surface area contributed by atoms with Crippen molar-refractivity contribution in [3.8, 4) is 0 Å². The van der Waals surface area contributed by atoms with Crippen LogP contribution in [0.25, 0.3) is 5.65 Å². The molecule has 0 radical (unpaired) electrons. The zero-order chi connectivity index (χ0) is 22.9. The summed E-state index contributed by atoms with van der Waals surface area (Å²) >= 11 is 0. The molecule has 0 N–H and O–H groups in total. The normalized spacial score (nSPS) is 17.1. The molecule has 0 bridgehead atoms. The zero-order valence-corrected chi connectivity index (χ0v) is 19.1. The van der Waals surface area contributed by atoms with Crippen LogP contribution in [-0.4, -0.2) is 80.4 Å². The Morgan fingerprint density at radius 1 is 1.21 bits per heavy atom. The van der Waals surface area contributed by atoms with Crippen LogP contribution >= 0.6 is 0 Å². The third-order valence-electron chi connectivity index (χ3n) is 6.68. The first-order valence-corrected chi connectivity index (χ1v) is 11.5. The average Bonchev–Trinajstić information content (AvgIpc) is 3.58. The molecule has 1 aliphatic carbocycles. The van der Waals surface area contributed by atoms with Crippen LogP contribution in [0, 0.1) is 0 Å². The molecular weight excluding hydrogens is 422 g/mol. The number of morpholine rings is 1. The standard InChI is InChI=1S/C23H29N7O3/c1-27(17-5-3-4-6-17)22(32)18-15-24-28(2)21(18)19(31)13-16-7-8-30-20(14-16)25-23(26-30)29-9-11-33-12-10-29/h7-8,14-15,17H,3-6,9-13H2,1-2H3. The van der Waals surface area contributed by atoms with Gasteiger partial charge in [0.1, 0.15) is 5.69 Å². The molecule has 1 saturated carbocycles. The van der Waals surface area contributed by atoms with Gasteiger partial charge in [0, 0.05) is 45.8 Å². The van der Waals surface area contributed by atoms with Crippen molar-refractivity contribution in [1.82, 2.24) is 29.3 Å². The van der Waals surface area contributed by atoms with E-state index in [0.717, 1.165) is 44.3 Å². The lowest BCUT2D eigenvalue weighted by Crippen LogP contribution is -2.36. The van der Waals surface area contributed by atoms with Gasteiger partial charge in [-0.15, -0.1) is 5.10 Å². The highest BCUT2D eigenvalue weighted by Crippen LogP contribution is 2.25. The maximum Gasteiger partial charge on any atom is 0.257 e. The molecule has 0 spiro atoms. The van der Waals surface area contributed by atoms with Gasteiger partial charge in [-0.25, -0.2) is 4.52 Å². The molecule has 5 rings (SSSR count). The minimum absolute atomic E-state index is 0.138. The van der Waals surface area contributed by atoms with E-state index in [0.29, 0.717) is 36.1 Å². The Morgan fingerprint density at radius 3 is 2.73 bits per heavy atom. The molecule has 10 heteroatoms. The first kappa shape index (κ1) is 21.6. The number of nitrogens with zero attached hydrogens (tertiary/aromatic N) is 7. The van der Waals surface area contributed by atoms with Crippen molar-refractivity contribution in [2.24, 2.45) is 7.05 Å². The third kappa shape index (κ3) is 4.22. The van der Waals surface area contributed by atoms with E-state index in [1.807, 2.05) is 25.4 Å². The molecule has 1 saturated heterocycles. The summed E-state index contributed by atoms with van der Waals surface area (Å²) in [6.45, 7) is 2.84. The number of fused-ring (bicyclic) bond motifs is 1. The van der Waals surface area contributed by atoms with Crippen molar-refractivity contribution in [3.63, 3.8) is 0 Å². The number of hydrogen-bond donors (Lipinski definition) is 0. The summed E-state index contributed by atoms with van der Waals surface area (Å²) in [7, 11) is 3.53. The summed E-state index contributed by atoms with van der Waals surface area (Å²) < 4.78 is 8.62. The summed E-state index contributed by atoms with van der Waals surface area (Å²) in [5.74, 6) is 0.382. The number of aryl methyl sites for hydroxylation is 1. The highest BCUT2D eigenvalue weighted by molar-refractivity contribution is 6.07. The Bertz CT molecular complexity index is 1170. The van der Waals surface area contributed by atoms with Crippen LogP contribution in [0.5, 0.6) is 0 Å². The van der Waals surface area contributed by atoms with E-state index >= 15 is 0 Å². The summed E-state index contributed by atoms with van der Waals surface area (Å²) in [4.78, 5) is 34.9. The molecule has 3 aromatic heterocycles. The summed E-state index contributed by atoms with van der Waals surface area (Å²) in [6.07, 6.45) is 7.78. The predicted molar refractivity (Wildman–Crippen MR) is 122 cm³/mol. The molecule has 0 atom stereocenters. The van der Waals surface area contributed by atoms with Gasteiger partial charge in [0.15, 0.2) is 11.4 Å². The SMILES string of the molecule is CN(C(=O)c1cnn(C)c1C(=O)Cc1ccn2nc(N3CCOCC3)nc2c1)C1CCCC1. The van der Waals surface area contributed by atoms with Gasteiger partial charge >= 0.3 is 0 Å². The number of amides is 1. The highest BCUT2D eigenvalue weighted by atomic mass is 16.5. The lowest BCUT2D eigenvalue weighted by Gasteiger charge is -2.25. The Balaban J connectivity index is 1.35. The van der Waals surface area contributed by atoms with Gasteiger partial charge in [0.05, 0.1) is 25.0 Å². The molecule has 10 nitrogen and oxygen atoms in total. The van der Waals surface area contributed by atoms with Crippen LogP contribution in [-0.2, 0) is 18.2 Å². The Labute approximate surface area is 192 Å². The van der Waals surface area contributed by atoms with Crippen molar-refractivity contribution in [3.05, 3.63) is 41.3 Å². The van der Waals surface area contributed by atoms with Crippen LogP contribution in [0.3, 0.4) is 0 Å². The largest absolute Gasteiger partial charge is 0.378 e. The van der Waals surface area contributed by atoms with E-state index in [4.69, 9.17) is 4.74 Å². The van der Waals surface area contributed by atoms with Crippen LogP contribution in [0.15, 0.2) is 24.5 Å². The van der Waals surface area contributed by atoms with Crippen LogP contribution in [0.1, 0.15) is 52.1 Å². The third-order valence-corrected chi connectivity index (χ3v) is 6.68. The maximum atomic E-state index is 13.3. The maximum absolute atomic E-state index is 13.3. The number of ketones is 1. The van der Waals surface area contributed by atoms with Crippen molar-refractivity contribution in [1.29, 1.82) is 0 Å². The van der Waals surface area contributed by atoms with Crippen molar-refractivity contribution < 1.29 is 14.3 Å². The van der Waals surface area contributed by atoms with Gasteiger partial charge in [0.25, 0.3) is 5.91 Å². The lowest BCUT2D eigenvalue weighted by molar-refractivity contribution is 0.0729. The predicted octanol–water partition coefficient (Wildman–Crippen LogP) is 1.74. The molecule has 0 unspecified atom stereocenters. The molecule has 3 aromatic rings. The number of carbonyl (C=O) groups excluding carboxylic acids is 2. The second kappa shape index (κ2) is 8.93. The fraction of sp³-hybridized carbons (Fsp3) is 0.522. The molecule has 4 heterocycles. The molecule has 174 valence electrons. The minimum atomic E-state index is -0.143. The number of hydrogen-bond acceptors (Lipinski definition) is 7. The van der Waals surface area contributed by atoms with E-state index in [1.165, 1.54) is 10.9 Å². The average molecular weight is 452 g/mol. The van der Waals surface area contributed by atoms with Crippen molar-refractivity contribution in [2.45, 2.75) is 38.1 Å². The molecule has 0 aromatic carbocycles. The van der Waals surface area contributed by atoms with Crippen LogP contribution in [0.2, 0.25) is 0 Å². The number of rotatable bonds is 6. The van der Waals surface area contributed by atoms with E-state index < -0.39 is 0 Å². The zero-order valence-electron chi connectivity index (χ0n) is 19.1. The Kier molecular flexibility index (Phi) is 5.84. The molecule has 2 fully saturated rings. The first-order valence-electron chi connectivity index (χ1n) is 11.5. The number of pyridine rings is 1. The fourth-order valence-corrected chi connectivity index (χ4v) is 4.76. The number of carbonyl (C=O) groups is 2. The van der Waals surface area contributed by atoms with Crippen molar-refractivity contribution >= 4 is 23.3 Å². The molecule has 1 aliphatic heterocycles. The Morgan fingerprint density at radius 2 is 1.97 bits per heavy atom. The van der Waals surface area contributed by atoms with Gasteiger partial charge in [0.2, 0.25) is 5.95 Å². The highest BCUT2D eigenvalue weighted by Gasteiger charge is 2.29. The quantitative estimate of drug-likeness (QED) is 0.527. The molecule has 33 heavy (non-hydrogen) atoms. The summed E-state index contributed by atoms with van der Waals surface area (Å²) in [5, 5.41) is 8.76. The second-order valence-corrected chi connectivity index (χ2v) is 8.83. The van der Waals surface area contributed by atoms with Crippen molar-refractivity contribution in [2.75, 3.05) is 38.3 Å². The summed E-state index contributed by atoms with van der Waals surface area (Å²) in [5.41, 5.74) is 2.22. The minimum Gasteiger partial charge on any atom is -0.378 e. The molecule has 2 aliphatic rings. The number of aromatic nitrogens is 5. The summed E-state index contributed by atoms with van der Waals surface area (Å²) in [6, 6.07) is 3.97. The van der Waals surface area contributed by atoms with E-state index in [2.05, 4.69) is 20.1 Å².